The molecule has 5 nitrogen and oxygen atoms in total. The van der Waals surface area contributed by atoms with E-state index in [1.54, 1.807) is 0 Å². The Morgan fingerprint density at radius 2 is 1.76 bits per heavy atom. The van der Waals surface area contributed by atoms with Gasteiger partial charge >= 0.3 is 0 Å². The Morgan fingerprint density at radius 3 is 2.39 bits per heavy atom. The number of allylic oxidation sites excluding steroid dienone is 1. The molecule has 2 aromatic rings. The molecular weight excluding hydrogens is 432 g/mol. The monoisotopic (exact) mass is 468 g/mol. The summed E-state index contributed by atoms with van der Waals surface area (Å²) in [5.41, 5.74) is 3.98. The first kappa shape index (κ1) is 24.1. The number of piperidine rings is 1. The molecule has 4 atom stereocenters. The fourth-order valence-electron chi connectivity index (χ4n) is 5.09. The van der Waals surface area contributed by atoms with Crippen LogP contribution in [0.15, 0.2) is 66.7 Å². The van der Waals surface area contributed by atoms with Crippen molar-refractivity contribution in [3.05, 3.63) is 77.9 Å². The zero-order valence-electron chi connectivity index (χ0n) is 19.7. The number of rotatable bonds is 8. The Bertz CT molecular complexity index is 1020. The standard InChI is InChI=1S/C27H36N2O3S/c1-21(22-9-5-3-6-10-22)29-18-17-27(28-33(2,30)31)25(19-29)20-32-26-15-13-24(14-16-26)23-11-7-4-8-12-23/h3-13,21,25-28H,14-20H2,1-2H3/t21-,25-,26-,27-/m0/s1. The van der Waals surface area contributed by atoms with Crippen LogP contribution in [0.2, 0.25) is 0 Å². The van der Waals surface area contributed by atoms with Gasteiger partial charge in [-0.05, 0) is 49.3 Å². The van der Waals surface area contributed by atoms with Crippen molar-refractivity contribution in [2.24, 2.45) is 5.92 Å². The van der Waals surface area contributed by atoms with Gasteiger partial charge in [0.15, 0.2) is 0 Å². The molecule has 2 aromatic carbocycles. The molecule has 0 saturated carbocycles. The van der Waals surface area contributed by atoms with Gasteiger partial charge in [-0.3, -0.25) is 4.90 Å². The lowest BCUT2D eigenvalue weighted by molar-refractivity contribution is -0.00806. The molecule has 33 heavy (non-hydrogen) atoms. The van der Waals surface area contributed by atoms with Gasteiger partial charge in [-0.2, -0.15) is 0 Å². The Hall–Kier alpha value is -1.99. The van der Waals surface area contributed by atoms with E-state index in [1.807, 2.05) is 12.1 Å². The summed E-state index contributed by atoms with van der Waals surface area (Å²) in [5.74, 6) is 0.124. The molecule has 0 radical (unpaired) electrons. The second kappa shape index (κ2) is 11.0. The van der Waals surface area contributed by atoms with Crippen molar-refractivity contribution in [2.45, 2.75) is 50.8 Å². The second-order valence-electron chi connectivity index (χ2n) is 9.45. The Kier molecular flexibility index (Phi) is 8.02. The normalized spacial score (nSPS) is 25.4. The number of nitrogens with zero attached hydrogens (tertiary/aromatic N) is 1. The van der Waals surface area contributed by atoms with Gasteiger partial charge in [0.25, 0.3) is 0 Å². The van der Waals surface area contributed by atoms with Crippen LogP contribution in [0.5, 0.6) is 0 Å². The van der Waals surface area contributed by atoms with Gasteiger partial charge in [0.2, 0.25) is 10.0 Å². The second-order valence-corrected chi connectivity index (χ2v) is 11.2. The summed E-state index contributed by atoms with van der Waals surface area (Å²) in [6.45, 7) is 4.49. The van der Waals surface area contributed by atoms with E-state index in [2.05, 4.69) is 71.2 Å². The fraction of sp³-hybridized carbons (Fsp3) is 0.481. The van der Waals surface area contributed by atoms with Crippen molar-refractivity contribution in [3.63, 3.8) is 0 Å². The summed E-state index contributed by atoms with van der Waals surface area (Å²) in [7, 11) is -3.26. The maximum Gasteiger partial charge on any atom is 0.208 e. The largest absolute Gasteiger partial charge is 0.377 e. The van der Waals surface area contributed by atoms with E-state index in [-0.39, 0.29) is 18.1 Å². The average Bonchev–Trinajstić information content (AvgIpc) is 2.83. The number of benzene rings is 2. The highest BCUT2D eigenvalue weighted by atomic mass is 32.2. The average molecular weight is 469 g/mol. The van der Waals surface area contributed by atoms with Crippen LogP contribution >= 0.6 is 0 Å². The Balaban J connectivity index is 1.38. The number of sulfonamides is 1. The van der Waals surface area contributed by atoms with Crippen molar-refractivity contribution in [2.75, 3.05) is 26.0 Å². The van der Waals surface area contributed by atoms with Crippen LogP contribution in [0, 0.1) is 5.92 Å². The third-order valence-electron chi connectivity index (χ3n) is 7.01. The topological polar surface area (TPSA) is 58.6 Å². The number of hydrogen-bond donors (Lipinski definition) is 1. The third-order valence-corrected chi connectivity index (χ3v) is 7.74. The Morgan fingerprint density at radius 1 is 1.06 bits per heavy atom. The third kappa shape index (κ3) is 6.76. The van der Waals surface area contributed by atoms with Crippen LogP contribution in [-0.2, 0) is 14.8 Å². The van der Waals surface area contributed by atoms with Gasteiger partial charge < -0.3 is 4.74 Å². The predicted octanol–water partition coefficient (Wildman–Crippen LogP) is 4.64. The van der Waals surface area contributed by atoms with Crippen LogP contribution in [-0.4, -0.2) is 51.4 Å². The summed E-state index contributed by atoms with van der Waals surface area (Å²) in [6, 6.07) is 21.3. The summed E-state index contributed by atoms with van der Waals surface area (Å²) >= 11 is 0. The van der Waals surface area contributed by atoms with Gasteiger partial charge in [-0.1, -0.05) is 66.7 Å². The molecule has 0 aromatic heterocycles. The van der Waals surface area contributed by atoms with Crippen LogP contribution < -0.4 is 4.72 Å². The minimum Gasteiger partial charge on any atom is -0.377 e. The molecule has 1 aliphatic carbocycles. The van der Waals surface area contributed by atoms with E-state index in [0.717, 1.165) is 38.8 Å². The van der Waals surface area contributed by atoms with Crippen molar-refractivity contribution in [1.82, 2.24) is 9.62 Å². The first-order chi connectivity index (χ1) is 15.9. The lowest BCUT2D eigenvalue weighted by Crippen LogP contribution is -2.52. The van der Waals surface area contributed by atoms with E-state index < -0.39 is 10.0 Å². The summed E-state index contributed by atoms with van der Waals surface area (Å²) in [5, 5.41) is 0. The highest BCUT2D eigenvalue weighted by Gasteiger charge is 2.34. The smallest absolute Gasteiger partial charge is 0.208 e. The number of nitrogens with one attached hydrogen (secondary N) is 1. The first-order valence-electron chi connectivity index (χ1n) is 12.0. The molecule has 6 heteroatoms. The maximum absolute atomic E-state index is 12.0. The predicted molar refractivity (Wildman–Crippen MR) is 134 cm³/mol. The molecule has 178 valence electrons. The van der Waals surface area contributed by atoms with Crippen molar-refractivity contribution in [3.8, 4) is 0 Å². The first-order valence-corrected chi connectivity index (χ1v) is 13.9. The lowest BCUT2D eigenvalue weighted by Gasteiger charge is -2.42. The van der Waals surface area contributed by atoms with E-state index >= 15 is 0 Å². The van der Waals surface area contributed by atoms with E-state index in [9.17, 15) is 8.42 Å². The molecule has 0 amide bonds. The summed E-state index contributed by atoms with van der Waals surface area (Å²) in [6.07, 6.45) is 7.47. The summed E-state index contributed by atoms with van der Waals surface area (Å²) < 4.78 is 33.2. The molecule has 4 rings (SSSR count). The molecule has 0 spiro atoms. The molecule has 1 aliphatic heterocycles. The van der Waals surface area contributed by atoms with Gasteiger partial charge in [0.05, 0.1) is 19.0 Å². The van der Waals surface area contributed by atoms with Crippen molar-refractivity contribution in [1.29, 1.82) is 0 Å². The maximum atomic E-state index is 12.0. The zero-order valence-corrected chi connectivity index (χ0v) is 20.5. The molecule has 0 bridgehead atoms. The molecule has 2 aliphatic rings. The zero-order chi connectivity index (χ0) is 23.3. The molecule has 1 N–H and O–H groups in total. The quantitative estimate of drug-likeness (QED) is 0.613. The van der Waals surface area contributed by atoms with E-state index in [0.29, 0.717) is 12.6 Å². The van der Waals surface area contributed by atoms with Crippen molar-refractivity contribution >= 4 is 15.6 Å². The van der Waals surface area contributed by atoms with E-state index in [4.69, 9.17) is 4.74 Å². The molecule has 1 fully saturated rings. The summed E-state index contributed by atoms with van der Waals surface area (Å²) in [4.78, 5) is 2.46. The van der Waals surface area contributed by atoms with Crippen LogP contribution in [0.25, 0.3) is 5.57 Å². The highest BCUT2D eigenvalue weighted by molar-refractivity contribution is 7.88. The van der Waals surface area contributed by atoms with Gasteiger partial charge in [0.1, 0.15) is 0 Å². The van der Waals surface area contributed by atoms with Crippen LogP contribution in [0.4, 0.5) is 0 Å². The van der Waals surface area contributed by atoms with Gasteiger partial charge in [-0.15, -0.1) is 0 Å². The lowest BCUT2D eigenvalue weighted by atomic mass is 9.90. The highest BCUT2D eigenvalue weighted by Crippen LogP contribution is 2.31. The van der Waals surface area contributed by atoms with E-state index in [1.165, 1.54) is 23.0 Å². The van der Waals surface area contributed by atoms with Crippen LogP contribution in [0.3, 0.4) is 0 Å². The molecule has 1 saturated heterocycles. The molecule has 0 unspecified atom stereocenters. The minimum atomic E-state index is -3.26. The minimum absolute atomic E-state index is 0.0850. The number of hydrogen-bond acceptors (Lipinski definition) is 4. The fourth-order valence-corrected chi connectivity index (χ4v) is 5.95. The van der Waals surface area contributed by atoms with Gasteiger partial charge in [-0.25, -0.2) is 13.1 Å². The Labute approximate surface area is 198 Å². The number of ether oxygens (including phenoxy) is 1. The molecule has 1 heterocycles. The van der Waals surface area contributed by atoms with Gasteiger partial charge in [0, 0.05) is 31.1 Å². The SMILES string of the molecule is C[C@@H](c1ccccc1)N1CC[C@H](NS(C)(=O)=O)[C@H](CO[C@H]2CC=C(c3ccccc3)CC2)C1. The molecular formula is C27H36N2O3S. The van der Waals surface area contributed by atoms with Crippen molar-refractivity contribution < 1.29 is 13.2 Å². The number of likely N-dealkylation sites (tertiary alicyclic amines) is 1. The van der Waals surface area contributed by atoms with Crippen LogP contribution in [0.1, 0.15) is 49.8 Å².